The van der Waals surface area contributed by atoms with Gasteiger partial charge in [-0.15, -0.1) is 0 Å². The number of halogens is 1. The van der Waals surface area contributed by atoms with Crippen molar-refractivity contribution < 1.29 is 0 Å². The van der Waals surface area contributed by atoms with Crippen molar-refractivity contribution in [1.29, 1.82) is 0 Å². The van der Waals surface area contributed by atoms with Crippen LogP contribution in [0.3, 0.4) is 0 Å². The molecule has 2 nitrogen and oxygen atoms in total. The van der Waals surface area contributed by atoms with Gasteiger partial charge in [-0.1, -0.05) is 37.7 Å². The van der Waals surface area contributed by atoms with Crippen LogP contribution in [0.2, 0.25) is 5.02 Å². The lowest BCUT2D eigenvalue weighted by Crippen LogP contribution is -2.31. The number of rotatable bonds is 3. The zero-order valence-electron chi connectivity index (χ0n) is 11.4. The maximum Gasteiger partial charge on any atom is 0.106 e. The Morgan fingerprint density at radius 2 is 2.05 bits per heavy atom. The van der Waals surface area contributed by atoms with E-state index in [0.717, 1.165) is 23.1 Å². The Kier molecular flexibility index (Phi) is 4.69. The van der Waals surface area contributed by atoms with E-state index in [9.17, 15) is 0 Å². The first-order chi connectivity index (χ1) is 8.97. The van der Waals surface area contributed by atoms with Crippen molar-refractivity contribution in [1.82, 2.24) is 0 Å². The van der Waals surface area contributed by atoms with E-state index < -0.39 is 0 Å². The molecule has 19 heavy (non-hydrogen) atoms. The van der Waals surface area contributed by atoms with Gasteiger partial charge in [0.15, 0.2) is 0 Å². The summed E-state index contributed by atoms with van der Waals surface area (Å²) in [7, 11) is 0. The van der Waals surface area contributed by atoms with Crippen molar-refractivity contribution in [3.05, 3.63) is 28.8 Å². The number of nitrogens with two attached hydrogens (primary N) is 1. The van der Waals surface area contributed by atoms with E-state index in [0.29, 0.717) is 16.1 Å². The summed E-state index contributed by atoms with van der Waals surface area (Å²) < 4.78 is 0. The number of hydrogen-bond acceptors (Lipinski definition) is 2. The summed E-state index contributed by atoms with van der Waals surface area (Å²) in [4.78, 5) is 0.391. The first-order valence-electron chi connectivity index (χ1n) is 6.83. The van der Waals surface area contributed by atoms with Gasteiger partial charge in [-0.3, -0.25) is 0 Å². The van der Waals surface area contributed by atoms with Gasteiger partial charge in [0.1, 0.15) is 4.99 Å². The molecule has 0 bridgehead atoms. The van der Waals surface area contributed by atoms with Crippen molar-refractivity contribution in [2.75, 3.05) is 5.32 Å². The number of benzene rings is 1. The van der Waals surface area contributed by atoms with Gasteiger partial charge in [-0.25, -0.2) is 0 Å². The van der Waals surface area contributed by atoms with Crippen molar-refractivity contribution in [2.24, 2.45) is 17.6 Å². The molecule has 1 saturated carbocycles. The standard InChI is InChI=1S/C15H21ClN2S/c1-9-3-5-12(7-10(9)2)18-14-6-4-11(16)8-13(14)15(17)19/h4,6,8-10,12,18H,3,5,7H2,1-2H3,(H2,17,19). The van der Waals surface area contributed by atoms with Gasteiger partial charge in [0, 0.05) is 22.3 Å². The molecule has 1 aromatic carbocycles. The van der Waals surface area contributed by atoms with E-state index in [1.165, 1.54) is 19.3 Å². The van der Waals surface area contributed by atoms with Gasteiger partial charge in [0.2, 0.25) is 0 Å². The molecule has 1 aliphatic rings. The highest BCUT2D eigenvalue weighted by Crippen LogP contribution is 2.32. The number of nitrogens with one attached hydrogen (secondary N) is 1. The lowest BCUT2D eigenvalue weighted by molar-refractivity contribution is 0.261. The first-order valence-corrected chi connectivity index (χ1v) is 7.62. The first kappa shape index (κ1) is 14.6. The molecule has 0 radical (unpaired) electrons. The molecule has 0 aliphatic heterocycles. The van der Waals surface area contributed by atoms with Crippen LogP contribution in [-0.4, -0.2) is 11.0 Å². The molecule has 0 aromatic heterocycles. The predicted octanol–water partition coefficient (Wildman–Crippen LogP) is 4.21. The van der Waals surface area contributed by atoms with Crippen molar-refractivity contribution in [2.45, 2.75) is 39.2 Å². The third kappa shape index (κ3) is 3.61. The molecule has 0 heterocycles. The van der Waals surface area contributed by atoms with E-state index in [1.54, 1.807) is 0 Å². The van der Waals surface area contributed by atoms with Crippen LogP contribution in [0.1, 0.15) is 38.7 Å². The quantitative estimate of drug-likeness (QED) is 0.821. The largest absolute Gasteiger partial charge is 0.389 e. The molecule has 2 rings (SSSR count). The second-order valence-electron chi connectivity index (χ2n) is 5.66. The zero-order chi connectivity index (χ0) is 14.0. The Labute approximate surface area is 125 Å². The van der Waals surface area contributed by atoms with Gasteiger partial charge >= 0.3 is 0 Å². The smallest absolute Gasteiger partial charge is 0.106 e. The van der Waals surface area contributed by atoms with Crippen molar-refractivity contribution in [3.8, 4) is 0 Å². The SMILES string of the molecule is CC1CCC(Nc2ccc(Cl)cc2C(N)=S)CC1C. The van der Waals surface area contributed by atoms with Crippen LogP contribution >= 0.6 is 23.8 Å². The third-order valence-corrected chi connectivity index (χ3v) is 4.66. The topological polar surface area (TPSA) is 38.0 Å². The highest BCUT2D eigenvalue weighted by molar-refractivity contribution is 7.80. The average molecular weight is 297 g/mol. The molecular weight excluding hydrogens is 276 g/mol. The van der Waals surface area contributed by atoms with Crippen LogP contribution in [0.15, 0.2) is 18.2 Å². The van der Waals surface area contributed by atoms with Gasteiger partial charge in [0.25, 0.3) is 0 Å². The molecule has 1 fully saturated rings. The summed E-state index contributed by atoms with van der Waals surface area (Å²) in [5.41, 5.74) is 7.62. The Morgan fingerprint density at radius 1 is 1.32 bits per heavy atom. The maximum absolute atomic E-state index is 6.00. The molecular formula is C15H21ClN2S. The predicted molar refractivity (Wildman–Crippen MR) is 86.9 cm³/mol. The van der Waals surface area contributed by atoms with Gasteiger partial charge in [-0.05, 0) is 49.3 Å². The maximum atomic E-state index is 6.00. The van der Waals surface area contributed by atoms with E-state index >= 15 is 0 Å². The van der Waals surface area contributed by atoms with E-state index in [4.69, 9.17) is 29.6 Å². The summed E-state index contributed by atoms with van der Waals surface area (Å²) in [6.45, 7) is 4.67. The Bertz CT molecular complexity index is 475. The van der Waals surface area contributed by atoms with Crippen LogP contribution in [-0.2, 0) is 0 Å². The fraction of sp³-hybridized carbons (Fsp3) is 0.533. The molecule has 4 heteroatoms. The molecule has 1 aromatic rings. The Morgan fingerprint density at radius 3 is 2.68 bits per heavy atom. The third-order valence-electron chi connectivity index (χ3n) is 4.20. The van der Waals surface area contributed by atoms with Gasteiger partial charge in [0.05, 0.1) is 0 Å². The molecule has 0 amide bonds. The zero-order valence-corrected chi connectivity index (χ0v) is 13.0. The Hall–Kier alpha value is -0.800. The minimum Gasteiger partial charge on any atom is -0.389 e. The highest BCUT2D eigenvalue weighted by atomic mass is 35.5. The second-order valence-corrected chi connectivity index (χ2v) is 6.54. The van der Waals surface area contributed by atoms with Gasteiger partial charge in [-0.2, -0.15) is 0 Å². The van der Waals surface area contributed by atoms with Crippen molar-refractivity contribution in [3.63, 3.8) is 0 Å². The summed E-state index contributed by atoms with van der Waals surface area (Å²) >= 11 is 11.1. The van der Waals surface area contributed by atoms with Gasteiger partial charge < -0.3 is 11.1 Å². The average Bonchev–Trinajstić information content (AvgIpc) is 2.36. The second kappa shape index (κ2) is 6.10. The normalized spacial score (nSPS) is 27.0. The highest BCUT2D eigenvalue weighted by Gasteiger charge is 2.24. The minimum absolute atomic E-state index is 0.391. The molecule has 1 aliphatic carbocycles. The van der Waals surface area contributed by atoms with Crippen LogP contribution in [0.25, 0.3) is 0 Å². The van der Waals surface area contributed by atoms with E-state index in [-0.39, 0.29) is 0 Å². The fourth-order valence-corrected chi connectivity index (χ4v) is 3.09. The molecule has 0 saturated heterocycles. The molecule has 0 spiro atoms. The molecule has 3 atom stereocenters. The summed E-state index contributed by atoms with van der Waals surface area (Å²) in [5.74, 6) is 1.57. The Balaban J connectivity index is 2.13. The number of thiocarbonyl (C=S) groups is 1. The summed E-state index contributed by atoms with van der Waals surface area (Å²) in [6.07, 6.45) is 3.67. The van der Waals surface area contributed by atoms with Crippen LogP contribution in [0.4, 0.5) is 5.69 Å². The minimum atomic E-state index is 0.391. The molecule has 3 N–H and O–H groups in total. The van der Waals surface area contributed by atoms with Crippen LogP contribution in [0.5, 0.6) is 0 Å². The number of anilines is 1. The summed E-state index contributed by atoms with van der Waals surface area (Å²) in [5, 5.41) is 4.25. The summed E-state index contributed by atoms with van der Waals surface area (Å²) in [6, 6.07) is 6.18. The lowest BCUT2D eigenvalue weighted by Gasteiger charge is -2.33. The fourth-order valence-electron chi connectivity index (χ4n) is 2.74. The number of hydrogen-bond donors (Lipinski definition) is 2. The molecule has 3 unspecified atom stereocenters. The molecule has 104 valence electrons. The van der Waals surface area contributed by atoms with Crippen molar-refractivity contribution >= 4 is 34.5 Å². The monoisotopic (exact) mass is 296 g/mol. The van der Waals surface area contributed by atoms with E-state index in [1.807, 2.05) is 18.2 Å². The van der Waals surface area contributed by atoms with E-state index in [2.05, 4.69) is 19.2 Å². The lowest BCUT2D eigenvalue weighted by atomic mass is 9.79. The van der Waals surface area contributed by atoms with Crippen LogP contribution < -0.4 is 11.1 Å². The van der Waals surface area contributed by atoms with Crippen LogP contribution in [0, 0.1) is 11.8 Å².